The van der Waals surface area contributed by atoms with Crippen LogP contribution in [0.25, 0.3) is 0 Å². The molecule has 4 N–H and O–H groups in total. The van der Waals surface area contributed by atoms with E-state index in [1.165, 1.54) is 11.3 Å². The first-order chi connectivity index (χ1) is 10.6. The predicted molar refractivity (Wildman–Crippen MR) is 95.7 cm³/mol. The Kier molecular flexibility index (Phi) is 5.48. The molecule has 130 valence electrons. The van der Waals surface area contributed by atoms with Crippen LogP contribution in [0.15, 0.2) is 5.38 Å². The fourth-order valence-corrected chi connectivity index (χ4v) is 4.52. The van der Waals surface area contributed by atoms with Crippen molar-refractivity contribution in [1.29, 1.82) is 0 Å². The average Bonchev–Trinajstić information content (AvgIpc) is 2.84. The largest absolute Gasteiger partial charge is 0.348 e. The number of piperidine rings is 1. The average molecular weight is 339 g/mol. The lowest BCUT2D eigenvalue weighted by Gasteiger charge is -2.46. The third kappa shape index (κ3) is 4.99. The van der Waals surface area contributed by atoms with Gasteiger partial charge in [0.05, 0.1) is 6.04 Å². The van der Waals surface area contributed by atoms with Crippen LogP contribution in [0.3, 0.4) is 0 Å². The van der Waals surface area contributed by atoms with Crippen LogP contribution in [-0.2, 0) is 0 Å². The van der Waals surface area contributed by atoms with Crippen LogP contribution in [0, 0.1) is 0 Å². The standard InChI is InChI=1S/C17H30N4OS/c1-6-7-12(18)15-20-13(10-23-15)14(22)19-11-8-16(2,3)21-17(4,5)9-11/h10-12,21H,6-9,18H2,1-5H3,(H,19,22). The minimum Gasteiger partial charge on any atom is -0.348 e. The summed E-state index contributed by atoms with van der Waals surface area (Å²) < 4.78 is 0. The maximum atomic E-state index is 12.5. The highest BCUT2D eigenvalue weighted by molar-refractivity contribution is 7.09. The first kappa shape index (κ1) is 18.4. The Labute approximate surface area is 143 Å². The van der Waals surface area contributed by atoms with Crippen LogP contribution in [0.1, 0.15) is 81.8 Å². The van der Waals surface area contributed by atoms with Gasteiger partial charge in [0.15, 0.2) is 0 Å². The molecule has 1 amide bonds. The Hall–Kier alpha value is -0.980. The predicted octanol–water partition coefficient (Wildman–Crippen LogP) is 2.98. The minimum absolute atomic E-state index is 0.0103. The second kappa shape index (κ2) is 6.87. The van der Waals surface area contributed by atoms with E-state index in [1.54, 1.807) is 0 Å². The van der Waals surface area contributed by atoms with Gasteiger partial charge in [-0.3, -0.25) is 4.79 Å². The summed E-state index contributed by atoms with van der Waals surface area (Å²) in [6.45, 7) is 10.8. The molecule has 1 atom stereocenters. The van der Waals surface area contributed by atoms with Crippen LogP contribution < -0.4 is 16.4 Å². The molecule has 0 aliphatic carbocycles. The minimum atomic E-state index is -0.0882. The van der Waals surface area contributed by atoms with E-state index in [0.717, 1.165) is 30.7 Å². The SMILES string of the molecule is CCCC(N)c1nc(C(=O)NC2CC(C)(C)NC(C)(C)C2)cs1. The van der Waals surface area contributed by atoms with E-state index in [4.69, 9.17) is 5.73 Å². The van der Waals surface area contributed by atoms with Gasteiger partial charge >= 0.3 is 0 Å². The van der Waals surface area contributed by atoms with Crippen molar-refractivity contribution in [3.05, 3.63) is 16.1 Å². The number of thiazole rings is 1. The molecule has 0 bridgehead atoms. The summed E-state index contributed by atoms with van der Waals surface area (Å²) in [5.41, 5.74) is 6.59. The molecule has 1 aromatic heterocycles. The van der Waals surface area contributed by atoms with Gasteiger partial charge in [0, 0.05) is 22.5 Å². The lowest BCUT2D eigenvalue weighted by atomic mass is 9.79. The van der Waals surface area contributed by atoms with Crippen molar-refractivity contribution in [3.8, 4) is 0 Å². The highest BCUT2D eigenvalue weighted by atomic mass is 32.1. The molecular weight excluding hydrogens is 308 g/mol. The molecule has 2 rings (SSSR count). The van der Waals surface area contributed by atoms with Crippen LogP contribution in [0.5, 0.6) is 0 Å². The van der Waals surface area contributed by atoms with E-state index in [9.17, 15) is 4.79 Å². The van der Waals surface area contributed by atoms with E-state index in [1.807, 2.05) is 5.38 Å². The lowest BCUT2D eigenvalue weighted by Crippen LogP contribution is -2.62. The number of nitrogens with zero attached hydrogens (tertiary/aromatic N) is 1. The van der Waals surface area contributed by atoms with E-state index in [-0.39, 0.29) is 29.1 Å². The molecule has 1 aliphatic heterocycles. The fraction of sp³-hybridized carbons (Fsp3) is 0.765. The highest BCUT2D eigenvalue weighted by Crippen LogP contribution is 2.29. The molecule has 1 aromatic rings. The summed E-state index contributed by atoms with van der Waals surface area (Å²) in [7, 11) is 0. The summed E-state index contributed by atoms with van der Waals surface area (Å²) in [5.74, 6) is -0.0882. The molecular formula is C17H30N4OS. The highest BCUT2D eigenvalue weighted by Gasteiger charge is 2.38. The summed E-state index contributed by atoms with van der Waals surface area (Å²) in [6.07, 6.45) is 3.73. The zero-order valence-electron chi connectivity index (χ0n) is 14.9. The van der Waals surface area contributed by atoms with Gasteiger partial charge in [-0.1, -0.05) is 13.3 Å². The maximum Gasteiger partial charge on any atom is 0.270 e. The Morgan fingerprint density at radius 2 is 2.04 bits per heavy atom. The zero-order valence-corrected chi connectivity index (χ0v) is 15.7. The fourth-order valence-electron chi connectivity index (χ4n) is 3.68. The summed E-state index contributed by atoms with van der Waals surface area (Å²) in [4.78, 5) is 16.9. The Morgan fingerprint density at radius 3 is 2.61 bits per heavy atom. The van der Waals surface area contributed by atoms with Gasteiger partial charge in [-0.15, -0.1) is 11.3 Å². The van der Waals surface area contributed by atoms with Crippen molar-refractivity contribution in [2.75, 3.05) is 0 Å². The Balaban J connectivity index is 2.01. The number of nitrogens with one attached hydrogen (secondary N) is 2. The van der Waals surface area contributed by atoms with Gasteiger partial charge in [-0.05, 0) is 47.0 Å². The Morgan fingerprint density at radius 1 is 1.43 bits per heavy atom. The molecule has 0 saturated carbocycles. The molecule has 0 radical (unpaired) electrons. The number of amides is 1. The summed E-state index contributed by atoms with van der Waals surface area (Å²) >= 11 is 1.48. The first-order valence-corrected chi connectivity index (χ1v) is 9.31. The number of carbonyl (C=O) groups excluding carboxylic acids is 1. The maximum absolute atomic E-state index is 12.5. The molecule has 0 spiro atoms. The molecule has 1 fully saturated rings. The molecule has 2 heterocycles. The number of hydrogen-bond donors (Lipinski definition) is 3. The molecule has 23 heavy (non-hydrogen) atoms. The van der Waals surface area contributed by atoms with Gasteiger partial charge in [0.2, 0.25) is 0 Å². The van der Waals surface area contributed by atoms with Gasteiger partial charge in [0.25, 0.3) is 5.91 Å². The molecule has 1 unspecified atom stereocenters. The van der Waals surface area contributed by atoms with E-state index >= 15 is 0 Å². The topological polar surface area (TPSA) is 80.0 Å². The van der Waals surface area contributed by atoms with Crippen LogP contribution in [0.4, 0.5) is 0 Å². The molecule has 6 heteroatoms. The van der Waals surface area contributed by atoms with Crippen molar-refractivity contribution in [3.63, 3.8) is 0 Å². The normalized spacial score (nSPS) is 21.8. The number of hydrogen-bond acceptors (Lipinski definition) is 5. The van der Waals surface area contributed by atoms with E-state index < -0.39 is 0 Å². The van der Waals surface area contributed by atoms with E-state index in [0.29, 0.717) is 5.69 Å². The van der Waals surface area contributed by atoms with Gasteiger partial charge < -0.3 is 16.4 Å². The summed E-state index contributed by atoms with van der Waals surface area (Å²) in [5, 5.41) is 9.45. The monoisotopic (exact) mass is 338 g/mol. The Bertz CT molecular complexity index is 537. The molecule has 5 nitrogen and oxygen atoms in total. The molecule has 1 aliphatic rings. The van der Waals surface area contributed by atoms with Crippen molar-refractivity contribution < 1.29 is 4.79 Å². The van der Waals surface area contributed by atoms with Gasteiger partial charge in [-0.2, -0.15) is 0 Å². The zero-order chi connectivity index (χ0) is 17.3. The second-order valence-electron chi connectivity index (χ2n) is 7.94. The third-order valence-electron chi connectivity index (χ3n) is 4.20. The number of nitrogens with two attached hydrogens (primary N) is 1. The number of rotatable bonds is 5. The van der Waals surface area contributed by atoms with Crippen molar-refractivity contribution >= 4 is 17.2 Å². The molecule has 0 aromatic carbocycles. The smallest absolute Gasteiger partial charge is 0.270 e. The quantitative estimate of drug-likeness (QED) is 0.771. The van der Waals surface area contributed by atoms with Crippen molar-refractivity contribution in [2.45, 2.75) is 83.5 Å². The number of aromatic nitrogens is 1. The third-order valence-corrected chi connectivity index (χ3v) is 5.17. The lowest BCUT2D eigenvalue weighted by molar-refractivity contribution is 0.0868. The second-order valence-corrected chi connectivity index (χ2v) is 8.83. The van der Waals surface area contributed by atoms with E-state index in [2.05, 4.69) is 50.2 Å². The summed E-state index contributed by atoms with van der Waals surface area (Å²) in [6, 6.07) is 0.0894. The first-order valence-electron chi connectivity index (χ1n) is 8.43. The van der Waals surface area contributed by atoms with Crippen molar-refractivity contribution in [1.82, 2.24) is 15.6 Å². The van der Waals surface area contributed by atoms with Crippen LogP contribution in [0.2, 0.25) is 0 Å². The number of carbonyl (C=O) groups is 1. The van der Waals surface area contributed by atoms with Crippen LogP contribution in [-0.4, -0.2) is 28.0 Å². The van der Waals surface area contributed by atoms with Gasteiger partial charge in [-0.25, -0.2) is 4.98 Å². The van der Waals surface area contributed by atoms with Gasteiger partial charge in [0.1, 0.15) is 10.7 Å². The van der Waals surface area contributed by atoms with Crippen LogP contribution >= 0.6 is 11.3 Å². The van der Waals surface area contributed by atoms with Crippen molar-refractivity contribution in [2.24, 2.45) is 5.73 Å². The molecule has 1 saturated heterocycles.